The van der Waals surface area contributed by atoms with E-state index < -0.39 is 0 Å². The van der Waals surface area contributed by atoms with E-state index in [1.54, 1.807) is 0 Å². The van der Waals surface area contributed by atoms with Gasteiger partial charge in [-0.15, -0.1) is 0 Å². The molecule has 0 N–H and O–H groups in total. The first-order valence-electron chi connectivity index (χ1n) is 4.35. The third-order valence-electron chi connectivity index (χ3n) is 2.15. The van der Waals surface area contributed by atoms with Crippen LogP contribution in [-0.2, 0) is 0 Å². The summed E-state index contributed by atoms with van der Waals surface area (Å²) < 4.78 is 5.68. The number of halogens is 1. The molecule has 0 unspecified atom stereocenters. The molecule has 0 amide bonds. The average molecular weight is 198 g/mol. The summed E-state index contributed by atoms with van der Waals surface area (Å²) in [7, 11) is 2.09. The zero-order valence-electron chi connectivity index (χ0n) is 7.53. The van der Waals surface area contributed by atoms with Crippen LogP contribution in [0, 0.1) is 0 Å². The molecule has 2 nitrogen and oxygen atoms in total. The van der Waals surface area contributed by atoms with Gasteiger partial charge in [0.25, 0.3) is 0 Å². The van der Waals surface area contributed by atoms with E-state index in [1.165, 1.54) is 0 Å². The molecule has 1 heterocycles. The Kier molecular flexibility index (Phi) is 2.42. The number of likely N-dealkylation sites (N-methyl/N-ethyl adjacent to an activating group) is 1. The molecule has 0 spiro atoms. The van der Waals surface area contributed by atoms with Crippen molar-refractivity contribution in [2.24, 2.45) is 0 Å². The van der Waals surface area contributed by atoms with E-state index in [1.807, 2.05) is 24.3 Å². The second-order valence-electron chi connectivity index (χ2n) is 3.41. The molecule has 0 saturated carbocycles. The fourth-order valence-electron chi connectivity index (χ4n) is 1.42. The number of hydrogen-bond donors (Lipinski definition) is 0. The van der Waals surface area contributed by atoms with Crippen LogP contribution in [0.4, 0.5) is 0 Å². The van der Waals surface area contributed by atoms with Crippen LogP contribution in [0.3, 0.4) is 0 Å². The van der Waals surface area contributed by atoms with Gasteiger partial charge < -0.3 is 4.74 Å². The summed E-state index contributed by atoms with van der Waals surface area (Å²) in [6.45, 7) is 2.03. The Morgan fingerprint density at radius 2 is 1.92 bits per heavy atom. The highest BCUT2D eigenvalue weighted by Crippen LogP contribution is 2.19. The van der Waals surface area contributed by atoms with Gasteiger partial charge in [-0.25, -0.2) is 0 Å². The second-order valence-corrected chi connectivity index (χ2v) is 3.85. The van der Waals surface area contributed by atoms with Gasteiger partial charge in [-0.2, -0.15) is 0 Å². The molecule has 0 atom stereocenters. The van der Waals surface area contributed by atoms with Gasteiger partial charge in [0.15, 0.2) is 0 Å². The lowest BCUT2D eigenvalue weighted by atomic mass is 10.2. The van der Waals surface area contributed by atoms with Gasteiger partial charge in [-0.05, 0) is 31.3 Å². The minimum absolute atomic E-state index is 0.353. The van der Waals surface area contributed by atoms with E-state index in [0.29, 0.717) is 6.10 Å². The zero-order chi connectivity index (χ0) is 9.26. The zero-order valence-corrected chi connectivity index (χ0v) is 8.29. The predicted molar refractivity (Wildman–Crippen MR) is 53.4 cm³/mol. The first-order valence-corrected chi connectivity index (χ1v) is 4.72. The molecule has 1 aliphatic rings. The van der Waals surface area contributed by atoms with Gasteiger partial charge >= 0.3 is 0 Å². The second kappa shape index (κ2) is 3.56. The van der Waals surface area contributed by atoms with E-state index in [-0.39, 0.29) is 0 Å². The maximum Gasteiger partial charge on any atom is 0.124 e. The van der Waals surface area contributed by atoms with Crippen molar-refractivity contribution < 1.29 is 4.74 Å². The lowest BCUT2D eigenvalue weighted by Gasteiger charge is -2.35. The monoisotopic (exact) mass is 197 g/mol. The fourth-order valence-corrected chi connectivity index (χ4v) is 1.55. The Labute approximate surface area is 83.1 Å². The Bertz CT molecular complexity index is 279. The number of ether oxygens (including phenoxy) is 1. The van der Waals surface area contributed by atoms with Gasteiger partial charge in [0.2, 0.25) is 0 Å². The average Bonchev–Trinajstić information content (AvgIpc) is 2.06. The molecule has 70 valence electrons. The predicted octanol–water partition coefficient (Wildman–Crippen LogP) is 2.03. The van der Waals surface area contributed by atoms with E-state index in [0.717, 1.165) is 23.9 Å². The standard InChI is InChI=1S/C10H12ClNO/c1-12-6-10(7-12)13-9-4-2-8(11)3-5-9/h2-5,10H,6-7H2,1H3. The molecular formula is C10H12ClNO. The topological polar surface area (TPSA) is 12.5 Å². The largest absolute Gasteiger partial charge is 0.488 e. The van der Waals surface area contributed by atoms with Crippen molar-refractivity contribution in [2.45, 2.75) is 6.10 Å². The Balaban J connectivity index is 1.91. The van der Waals surface area contributed by atoms with Crippen LogP contribution in [-0.4, -0.2) is 31.1 Å². The normalized spacial score (nSPS) is 18.3. The number of rotatable bonds is 2. The van der Waals surface area contributed by atoms with E-state index >= 15 is 0 Å². The van der Waals surface area contributed by atoms with Gasteiger partial charge in [0.1, 0.15) is 11.9 Å². The first kappa shape index (κ1) is 8.85. The number of benzene rings is 1. The van der Waals surface area contributed by atoms with Crippen molar-refractivity contribution in [3.8, 4) is 5.75 Å². The third-order valence-corrected chi connectivity index (χ3v) is 2.40. The number of hydrogen-bond acceptors (Lipinski definition) is 2. The van der Waals surface area contributed by atoms with Crippen molar-refractivity contribution in [3.05, 3.63) is 29.3 Å². The highest BCUT2D eigenvalue weighted by atomic mass is 35.5. The van der Waals surface area contributed by atoms with E-state index in [9.17, 15) is 0 Å². The van der Waals surface area contributed by atoms with Crippen LogP contribution >= 0.6 is 11.6 Å². The minimum atomic E-state index is 0.353. The van der Waals surface area contributed by atoms with Crippen LogP contribution in [0.1, 0.15) is 0 Å². The van der Waals surface area contributed by atoms with Crippen molar-refractivity contribution >= 4 is 11.6 Å². The highest BCUT2D eigenvalue weighted by Gasteiger charge is 2.24. The summed E-state index contributed by atoms with van der Waals surface area (Å²) in [5.74, 6) is 0.905. The number of nitrogens with zero attached hydrogens (tertiary/aromatic N) is 1. The van der Waals surface area contributed by atoms with Gasteiger partial charge in [-0.1, -0.05) is 11.6 Å². The lowest BCUT2D eigenvalue weighted by molar-refractivity contribution is 0.0388. The van der Waals surface area contributed by atoms with Crippen LogP contribution in [0.5, 0.6) is 5.75 Å². The minimum Gasteiger partial charge on any atom is -0.488 e. The van der Waals surface area contributed by atoms with Crippen molar-refractivity contribution in [2.75, 3.05) is 20.1 Å². The molecule has 0 radical (unpaired) electrons. The molecular weight excluding hydrogens is 186 g/mol. The first-order chi connectivity index (χ1) is 6.24. The summed E-state index contributed by atoms with van der Waals surface area (Å²) in [4.78, 5) is 2.22. The molecule has 2 rings (SSSR count). The smallest absolute Gasteiger partial charge is 0.124 e. The molecule has 13 heavy (non-hydrogen) atoms. The molecule has 1 aromatic rings. The molecule has 1 saturated heterocycles. The lowest BCUT2D eigenvalue weighted by Crippen LogP contribution is -2.51. The molecule has 1 aromatic carbocycles. The molecule has 0 aromatic heterocycles. The fraction of sp³-hybridized carbons (Fsp3) is 0.400. The third kappa shape index (κ3) is 2.14. The van der Waals surface area contributed by atoms with Gasteiger partial charge in [-0.3, -0.25) is 4.90 Å². The van der Waals surface area contributed by atoms with Crippen LogP contribution in [0.15, 0.2) is 24.3 Å². The quantitative estimate of drug-likeness (QED) is 0.720. The maximum absolute atomic E-state index is 5.76. The summed E-state index contributed by atoms with van der Waals surface area (Å²) in [5.41, 5.74) is 0. The van der Waals surface area contributed by atoms with E-state index in [2.05, 4.69) is 11.9 Å². The Morgan fingerprint density at radius 1 is 1.31 bits per heavy atom. The van der Waals surface area contributed by atoms with Gasteiger partial charge in [0, 0.05) is 18.1 Å². The van der Waals surface area contributed by atoms with Crippen molar-refractivity contribution in [1.82, 2.24) is 4.90 Å². The summed E-state index contributed by atoms with van der Waals surface area (Å²) in [6.07, 6.45) is 0.353. The number of likely N-dealkylation sites (tertiary alicyclic amines) is 1. The molecule has 1 aliphatic heterocycles. The maximum atomic E-state index is 5.76. The molecule has 0 aliphatic carbocycles. The summed E-state index contributed by atoms with van der Waals surface area (Å²) in [5, 5.41) is 0.748. The summed E-state index contributed by atoms with van der Waals surface area (Å²) >= 11 is 5.76. The summed E-state index contributed by atoms with van der Waals surface area (Å²) in [6, 6.07) is 7.50. The molecule has 0 bridgehead atoms. The van der Waals surface area contributed by atoms with Crippen LogP contribution in [0.2, 0.25) is 5.02 Å². The van der Waals surface area contributed by atoms with Crippen molar-refractivity contribution in [3.63, 3.8) is 0 Å². The van der Waals surface area contributed by atoms with Crippen molar-refractivity contribution in [1.29, 1.82) is 0 Å². The SMILES string of the molecule is CN1CC(Oc2ccc(Cl)cc2)C1. The molecule has 3 heteroatoms. The Morgan fingerprint density at radius 3 is 2.46 bits per heavy atom. The molecule has 1 fully saturated rings. The van der Waals surface area contributed by atoms with Gasteiger partial charge in [0.05, 0.1) is 0 Å². The highest BCUT2D eigenvalue weighted by molar-refractivity contribution is 6.30. The van der Waals surface area contributed by atoms with Crippen LogP contribution in [0.25, 0.3) is 0 Å². The van der Waals surface area contributed by atoms with Crippen LogP contribution < -0.4 is 4.74 Å². The Hall–Kier alpha value is -0.730. The van der Waals surface area contributed by atoms with E-state index in [4.69, 9.17) is 16.3 Å².